The number of hydrogen-bond acceptors (Lipinski definition) is 9. The van der Waals surface area contributed by atoms with Crippen molar-refractivity contribution in [3.8, 4) is 17.6 Å². The zero-order chi connectivity index (χ0) is 25.4. The van der Waals surface area contributed by atoms with Crippen LogP contribution in [0.1, 0.15) is 19.4 Å². The van der Waals surface area contributed by atoms with Gasteiger partial charge >= 0.3 is 0 Å². The molecule has 0 saturated carbocycles. The van der Waals surface area contributed by atoms with Gasteiger partial charge in [-0.2, -0.15) is 14.6 Å². The fourth-order valence-corrected chi connectivity index (χ4v) is 4.49. The molecule has 1 N–H and O–H groups in total. The highest BCUT2D eigenvalue weighted by Crippen LogP contribution is 2.23. The second-order valence-corrected chi connectivity index (χ2v) is 10.9. The van der Waals surface area contributed by atoms with Crippen LogP contribution in [0.25, 0.3) is 6.08 Å². The molecule has 3 aromatic rings. The minimum Gasteiger partial charge on any atom is -0.490 e. The summed E-state index contributed by atoms with van der Waals surface area (Å²) in [6.07, 6.45) is 1.40. The van der Waals surface area contributed by atoms with E-state index in [1.807, 2.05) is 18.2 Å². The number of benzene rings is 2. The smallest absolute Gasteiger partial charge is 0.268 e. The lowest BCUT2D eigenvalue weighted by atomic mass is 10.1. The van der Waals surface area contributed by atoms with E-state index in [-0.39, 0.29) is 15.9 Å². The molecule has 35 heavy (non-hydrogen) atoms. The summed E-state index contributed by atoms with van der Waals surface area (Å²) < 4.78 is 39.3. The molecule has 1 amide bonds. The number of hydrogen-bond donors (Lipinski definition) is 1. The largest absolute Gasteiger partial charge is 0.490 e. The lowest BCUT2D eigenvalue weighted by Gasteiger charge is -2.09. The SMILES string of the molecule is CC(C)S(=O)(=O)c1nsc(NC(=O)/C(C#N)=C\c2ccc(OCCOc3ccccc3Cl)cc2)n1. The van der Waals surface area contributed by atoms with Crippen LogP contribution in [0.15, 0.2) is 59.3 Å². The first-order valence-electron chi connectivity index (χ1n) is 10.3. The number of anilines is 1. The fraction of sp³-hybridized carbons (Fsp3) is 0.217. The average Bonchev–Trinajstić information content (AvgIpc) is 3.31. The Kier molecular flexibility index (Phi) is 8.81. The molecule has 0 spiro atoms. The standard InChI is InChI=1S/C23H21ClN4O5S2/c1-15(2)35(30,31)23-27-22(34-28-23)26-21(29)17(14-25)13-16-7-9-18(10-8-16)32-11-12-33-20-6-4-3-5-19(20)24/h3-10,13,15H,11-12H2,1-2H3,(H,26,27,28,29)/b17-13-. The predicted octanol–water partition coefficient (Wildman–Crippen LogP) is 4.38. The molecule has 182 valence electrons. The van der Waals surface area contributed by atoms with Crippen molar-refractivity contribution >= 4 is 50.1 Å². The number of carbonyl (C=O) groups is 1. The summed E-state index contributed by atoms with van der Waals surface area (Å²) in [7, 11) is -3.66. The van der Waals surface area contributed by atoms with Crippen LogP contribution in [0.4, 0.5) is 5.13 Å². The third-order valence-corrected chi connectivity index (χ3v) is 7.50. The summed E-state index contributed by atoms with van der Waals surface area (Å²) in [6.45, 7) is 3.62. The van der Waals surface area contributed by atoms with Gasteiger partial charge in [0.25, 0.3) is 11.1 Å². The molecular formula is C23H21ClN4O5S2. The molecule has 0 saturated heterocycles. The van der Waals surface area contributed by atoms with Crippen LogP contribution in [-0.2, 0) is 14.6 Å². The van der Waals surface area contributed by atoms with Crippen LogP contribution in [0.2, 0.25) is 5.02 Å². The van der Waals surface area contributed by atoms with Crippen molar-refractivity contribution in [2.45, 2.75) is 24.3 Å². The van der Waals surface area contributed by atoms with Crippen molar-refractivity contribution in [3.05, 3.63) is 64.7 Å². The van der Waals surface area contributed by atoms with Crippen LogP contribution in [0, 0.1) is 11.3 Å². The molecule has 0 fully saturated rings. The highest BCUT2D eigenvalue weighted by Gasteiger charge is 2.25. The first-order chi connectivity index (χ1) is 16.7. The highest BCUT2D eigenvalue weighted by atomic mass is 35.5. The number of nitriles is 1. The summed E-state index contributed by atoms with van der Waals surface area (Å²) in [6, 6.07) is 15.7. The van der Waals surface area contributed by atoms with Crippen molar-refractivity contribution in [1.29, 1.82) is 5.26 Å². The van der Waals surface area contributed by atoms with E-state index in [0.29, 0.717) is 35.3 Å². The van der Waals surface area contributed by atoms with Gasteiger partial charge in [0.15, 0.2) is 0 Å². The van der Waals surface area contributed by atoms with E-state index in [2.05, 4.69) is 14.7 Å². The Bertz CT molecular complexity index is 1360. The Morgan fingerprint density at radius 3 is 2.51 bits per heavy atom. The first-order valence-corrected chi connectivity index (χ1v) is 13.0. The maximum absolute atomic E-state index is 12.5. The van der Waals surface area contributed by atoms with Gasteiger partial charge in [0, 0.05) is 11.5 Å². The predicted molar refractivity (Wildman–Crippen MR) is 133 cm³/mol. The summed E-state index contributed by atoms with van der Waals surface area (Å²) in [5.74, 6) is 0.432. The Morgan fingerprint density at radius 1 is 1.17 bits per heavy atom. The number of halogens is 1. The summed E-state index contributed by atoms with van der Waals surface area (Å²) in [5.41, 5.74) is 0.409. The van der Waals surface area contributed by atoms with Gasteiger partial charge in [0.2, 0.25) is 15.0 Å². The van der Waals surface area contributed by atoms with E-state index >= 15 is 0 Å². The number of amides is 1. The van der Waals surface area contributed by atoms with E-state index in [4.69, 9.17) is 21.1 Å². The molecule has 0 unspecified atom stereocenters. The average molecular weight is 533 g/mol. The molecular weight excluding hydrogens is 512 g/mol. The number of carbonyl (C=O) groups excluding carboxylic acids is 1. The summed E-state index contributed by atoms with van der Waals surface area (Å²) in [5, 5.41) is 11.3. The molecule has 9 nitrogen and oxygen atoms in total. The summed E-state index contributed by atoms with van der Waals surface area (Å²) >= 11 is 6.76. The van der Waals surface area contributed by atoms with Gasteiger partial charge in [0.1, 0.15) is 36.4 Å². The van der Waals surface area contributed by atoms with Gasteiger partial charge in [-0.3, -0.25) is 10.1 Å². The molecule has 1 aromatic heterocycles. The molecule has 0 bridgehead atoms. The highest BCUT2D eigenvalue weighted by molar-refractivity contribution is 7.91. The Hall–Kier alpha value is -3.46. The molecule has 3 rings (SSSR count). The van der Waals surface area contributed by atoms with Crippen molar-refractivity contribution in [3.63, 3.8) is 0 Å². The van der Waals surface area contributed by atoms with Gasteiger partial charge in [-0.15, -0.1) is 0 Å². The van der Waals surface area contributed by atoms with Crippen molar-refractivity contribution in [2.24, 2.45) is 0 Å². The second kappa shape index (κ2) is 11.8. The molecule has 0 radical (unpaired) electrons. The van der Waals surface area contributed by atoms with Gasteiger partial charge in [-0.1, -0.05) is 35.9 Å². The molecule has 1 heterocycles. The maximum Gasteiger partial charge on any atom is 0.268 e. The van der Waals surface area contributed by atoms with Crippen LogP contribution in [-0.4, -0.2) is 42.1 Å². The third kappa shape index (κ3) is 7.02. The zero-order valence-corrected chi connectivity index (χ0v) is 21.2. The van der Waals surface area contributed by atoms with Crippen LogP contribution in [0.5, 0.6) is 11.5 Å². The van der Waals surface area contributed by atoms with Gasteiger partial charge in [-0.05, 0) is 49.8 Å². The summed E-state index contributed by atoms with van der Waals surface area (Å²) in [4.78, 5) is 16.3. The number of nitrogens with one attached hydrogen (secondary N) is 1. The third-order valence-electron chi connectivity index (χ3n) is 4.51. The number of nitrogens with zero attached hydrogens (tertiary/aromatic N) is 3. The number of para-hydroxylation sites is 1. The Morgan fingerprint density at radius 2 is 1.86 bits per heavy atom. The second-order valence-electron chi connectivity index (χ2n) is 7.30. The zero-order valence-electron chi connectivity index (χ0n) is 18.8. The van der Waals surface area contributed by atoms with E-state index in [1.54, 1.807) is 36.4 Å². The van der Waals surface area contributed by atoms with E-state index in [9.17, 15) is 18.5 Å². The molecule has 0 atom stereocenters. The molecule has 0 aliphatic carbocycles. The normalized spacial score (nSPS) is 11.7. The number of rotatable bonds is 10. The topological polar surface area (TPSA) is 131 Å². The minimum atomic E-state index is -3.66. The molecule has 12 heteroatoms. The van der Waals surface area contributed by atoms with E-state index in [1.165, 1.54) is 19.9 Å². The molecule has 2 aromatic carbocycles. The minimum absolute atomic E-state index is 0.0156. The van der Waals surface area contributed by atoms with E-state index < -0.39 is 21.0 Å². The quantitative estimate of drug-likeness (QED) is 0.231. The molecule has 0 aliphatic heterocycles. The lowest BCUT2D eigenvalue weighted by Crippen LogP contribution is -2.16. The van der Waals surface area contributed by atoms with Crippen molar-refractivity contribution in [2.75, 3.05) is 18.5 Å². The van der Waals surface area contributed by atoms with Crippen molar-refractivity contribution < 1.29 is 22.7 Å². The van der Waals surface area contributed by atoms with Gasteiger partial charge in [-0.25, -0.2) is 8.42 Å². The van der Waals surface area contributed by atoms with Gasteiger partial charge < -0.3 is 9.47 Å². The number of sulfone groups is 1. The fourth-order valence-electron chi connectivity index (χ4n) is 2.60. The van der Waals surface area contributed by atoms with Gasteiger partial charge in [0.05, 0.1) is 10.3 Å². The molecule has 0 aliphatic rings. The van der Waals surface area contributed by atoms with Crippen LogP contribution >= 0.6 is 23.1 Å². The Balaban J connectivity index is 1.57. The first kappa shape index (κ1) is 26.2. The van der Waals surface area contributed by atoms with Crippen molar-refractivity contribution in [1.82, 2.24) is 9.36 Å². The van der Waals surface area contributed by atoms with E-state index in [0.717, 1.165) is 11.5 Å². The van der Waals surface area contributed by atoms with Crippen LogP contribution < -0.4 is 14.8 Å². The Labute approximate surface area is 212 Å². The lowest BCUT2D eigenvalue weighted by molar-refractivity contribution is -0.112. The monoisotopic (exact) mass is 532 g/mol. The van der Waals surface area contributed by atoms with Crippen LogP contribution in [0.3, 0.4) is 0 Å². The number of aromatic nitrogens is 2. The number of ether oxygens (including phenoxy) is 2. The maximum atomic E-state index is 12.5.